The normalized spacial score (nSPS) is 10.4. The summed E-state index contributed by atoms with van der Waals surface area (Å²) < 4.78 is 19.6. The number of nitrogens with zero attached hydrogens (tertiary/aromatic N) is 2. The van der Waals surface area contributed by atoms with E-state index in [0.717, 1.165) is 4.68 Å². The molecule has 138 valence electrons. The molecule has 1 aromatic heterocycles. The Kier molecular flexibility index (Phi) is 5.61. The van der Waals surface area contributed by atoms with Crippen molar-refractivity contribution in [2.24, 2.45) is 0 Å². The average molecular weight is 367 g/mol. The molecule has 1 amide bonds. The summed E-state index contributed by atoms with van der Waals surface area (Å²) in [7, 11) is 1.55. The lowest BCUT2D eigenvalue weighted by Crippen LogP contribution is -2.33. The lowest BCUT2D eigenvalue weighted by atomic mass is 10.1. The van der Waals surface area contributed by atoms with Crippen LogP contribution in [0.4, 0.5) is 4.39 Å². The van der Waals surface area contributed by atoms with Crippen LogP contribution in [0.3, 0.4) is 0 Å². The van der Waals surface area contributed by atoms with Crippen LogP contribution in [0, 0.1) is 5.82 Å². The highest BCUT2D eigenvalue weighted by Crippen LogP contribution is 2.27. The monoisotopic (exact) mass is 367 g/mol. The second kappa shape index (κ2) is 8.27. The van der Waals surface area contributed by atoms with Crippen LogP contribution in [0.2, 0.25) is 0 Å². The lowest BCUT2D eigenvalue weighted by molar-refractivity contribution is -0.122. The van der Waals surface area contributed by atoms with Gasteiger partial charge < -0.3 is 10.1 Å². The summed E-state index contributed by atoms with van der Waals surface area (Å²) in [6, 6.07) is 16.2. The van der Waals surface area contributed by atoms with E-state index in [0.29, 0.717) is 22.6 Å². The number of amides is 1. The molecule has 27 heavy (non-hydrogen) atoms. The number of hydrogen-bond donors (Lipinski definition) is 1. The number of ether oxygens (including phenoxy) is 1. The average Bonchev–Trinajstić information content (AvgIpc) is 2.68. The molecule has 0 saturated heterocycles. The highest BCUT2D eigenvalue weighted by molar-refractivity contribution is 5.75. The Morgan fingerprint density at radius 2 is 1.96 bits per heavy atom. The Morgan fingerprint density at radius 3 is 2.74 bits per heavy atom. The van der Waals surface area contributed by atoms with Gasteiger partial charge in [0.1, 0.15) is 18.1 Å². The van der Waals surface area contributed by atoms with E-state index in [-0.39, 0.29) is 18.9 Å². The third kappa shape index (κ3) is 4.58. The molecule has 7 heteroatoms. The van der Waals surface area contributed by atoms with E-state index in [1.807, 2.05) is 18.2 Å². The van der Waals surface area contributed by atoms with E-state index in [9.17, 15) is 14.0 Å². The van der Waals surface area contributed by atoms with Crippen molar-refractivity contribution in [3.8, 4) is 17.0 Å². The van der Waals surface area contributed by atoms with E-state index in [1.165, 1.54) is 18.2 Å². The van der Waals surface area contributed by atoms with Gasteiger partial charge in [-0.05, 0) is 35.9 Å². The number of para-hydroxylation sites is 1. The Hall–Kier alpha value is -3.48. The van der Waals surface area contributed by atoms with E-state index in [1.54, 1.807) is 31.4 Å². The summed E-state index contributed by atoms with van der Waals surface area (Å²) >= 11 is 0. The van der Waals surface area contributed by atoms with Gasteiger partial charge in [-0.1, -0.05) is 24.3 Å². The van der Waals surface area contributed by atoms with Crippen molar-refractivity contribution in [2.75, 3.05) is 7.11 Å². The molecule has 0 unspecified atom stereocenters. The van der Waals surface area contributed by atoms with Crippen molar-refractivity contribution in [2.45, 2.75) is 13.1 Å². The SMILES string of the molecule is COc1ccccc1-c1ccc(=O)n(CC(=O)NCc2cccc(F)c2)n1. The predicted molar refractivity (Wildman–Crippen MR) is 98.7 cm³/mol. The first-order valence-electron chi connectivity index (χ1n) is 8.29. The number of halogens is 1. The third-order valence-corrected chi connectivity index (χ3v) is 3.92. The maximum absolute atomic E-state index is 13.2. The van der Waals surface area contributed by atoms with E-state index in [2.05, 4.69) is 10.4 Å². The summed E-state index contributed by atoms with van der Waals surface area (Å²) in [6.07, 6.45) is 0. The molecular formula is C20H18FN3O3. The fourth-order valence-electron chi connectivity index (χ4n) is 2.60. The smallest absolute Gasteiger partial charge is 0.267 e. The van der Waals surface area contributed by atoms with Crippen LogP contribution in [0.1, 0.15) is 5.56 Å². The molecule has 0 spiro atoms. The fraction of sp³-hybridized carbons (Fsp3) is 0.150. The molecule has 0 saturated carbocycles. The van der Waals surface area contributed by atoms with Crippen LogP contribution in [-0.2, 0) is 17.9 Å². The molecule has 0 bridgehead atoms. The number of aromatic nitrogens is 2. The molecule has 2 aromatic carbocycles. The highest BCUT2D eigenvalue weighted by Gasteiger charge is 2.11. The van der Waals surface area contributed by atoms with Crippen molar-refractivity contribution in [3.63, 3.8) is 0 Å². The number of carbonyl (C=O) groups is 1. The maximum Gasteiger partial charge on any atom is 0.267 e. The molecule has 1 heterocycles. The van der Waals surface area contributed by atoms with Crippen LogP contribution in [0.15, 0.2) is 65.5 Å². The number of rotatable bonds is 6. The molecule has 0 aliphatic heterocycles. The van der Waals surface area contributed by atoms with Gasteiger partial charge in [-0.15, -0.1) is 0 Å². The predicted octanol–water partition coefficient (Wildman–Crippen LogP) is 2.37. The largest absolute Gasteiger partial charge is 0.496 e. The first kappa shape index (κ1) is 18.3. The van der Waals surface area contributed by atoms with Gasteiger partial charge in [0.25, 0.3) is 5.56 Å². The lowest BCUT2D eigenvalue weighted by Gasteiger charge is -2.10. The summed E-state index contributed by atoms with van der Waals surface area (Å²) in [5.41, 5.74) is 1.47. The topological polar surface area (TPSA) is 73.2 Å². The van der Waals surface area contributed by atoms with Gasteiger partial charge in [-0.2, -0.15) is 5.10 Å². The molecule has 3 aromatic rings. The zero-order valence-electron chi connectivity index (χ0n) is 14.7. The molecule has 0 aliphatic carbocycles. The minimum atomic E-state index is -0.397. The van der Waals surface area contributed by atoms with E-state index in [4.69, 9.17) is 4.74 Å². The molecule has 0 radical (unpaired) electrons. The van der Waals surface area contributed by atoms with Gasteiger partial charge in [-0.3, -0.25) is 9.59 Å². The minimum absolute atomic E-state index is 0.164. The maximum atomic E-state index is 13.2. The van der Waals surface area contributed by atoms with Gasteiger partial charge in [-0.25, -0.2) is 9.07 Å². The van der Waals surface area contributed by atoms with Crippen LogP contribution < -0.4 is 15.6 Å². The van der Waals surface area contributed by atoms with Crippen LogP contribution in [0.5, 0.6) is 5.75 Å². The Morgan fingerprint density at radius 1 is 1.15 bits per heavy atom. The highest BCUT2D eigenvalue weighted by atomic mass is 19.1. The first-order valence-corrected chi connectivity index (χ1v) is 8.29. The Bertz CT molecular complexity index is 1020. The minimum Gasteiger partial charge on any atom is -0.496 e. The fourth-order valence-corrected chi connectivity index (χ4v) is 2.60. The summed E-state index contributed by atoms with van der Waals surface area (Å²) in [5.74, 6) is -0.152. The van der Waals surface area contributed by atoms with Gasteiger partial charge >= 0.3 is 0 Å². The van der Waals surface area contributed by atoms with Gasteiger partial charge in [0, 0.05) is 18.2 Å². The Balaban J connectivity index is 1.74. The quantitative estimate of drug-likeness (QED) is 0.726. The van der Waals surface area contributed by atoms with Crippen molar-refractivity contribution in [1.29, 1.82) is 0 Å². The Labute approximate surface area is 155 Å². The summed E-state index contributed by atoms with van der Waals surface area (Å²) in [4.78, 5) is 24.2. The zero-order valence-corrected chi connectivity index (χ0v) is 14.7. The second-order valence-electron chi connectivity index (χ2n) is 5.82. The zero-order chi connectivity index (χ0) is 19.2. The molecule has 3 rings (SSSR count). The first-order chi connectivity index (χ1) is 13.1. The van der Waals surface area contributed by atoms with E-state index < -0.39 is 11.5 Å². The standard InChI is InChI=1S/C20H18FN3O3/c1-27-18-8-3-2-7-16(18)17-9-10-20(26)24(23-17)13-19(25)22-12-14-5-4-6-15(21)11-14/h2-11H,12-13H2,1H3,(H,22,25). The molecule has 1 N–H and O–H groups in total. The number of benzene rings is 2. The van der Waals surface area contributed by atoms with Gasteiger partial charge in [0.15, 0.2) is 0 Å². The molecule has 0 atom stereocenters. The van der Waals surface area contributed by atoms with Gasteiger partial charge in [0.05, 0.1) is 12.8 Å². The number of methoxy groups -OCH3 is 1. The van der Waals surface area contributed by atoms with Crippen molar-refractivity contribution < 1.29 is 13.9 Å². The molecule has 6 nitrogen and oxygen atoms in total. The number of hydrogen-bond acceptors (Lipinski definition) is 4. The van der Waals surface area contributed by atoms with Crippen molar-refractivity contribution in [1.82, 2.24) is 15.1 Å². The van der Waals surface area contributed by atoms with Crippen LogP contribution in [-0.4, -0.2) is 22.8 Å². The van der Waals surface area contributed by atoms with Crippen molar-refractivity contribution in [3.05, 3.63) is 82.4 Å². The molecule has 0 aliphatic rings. The van der Waals surface area contributed by atoms with Gasteiger partial charge in [0.2, 0.25) is 5.91 Å². The molecular weight excluding hydrogens is 349 g/mol. The van der Waals surface area contributed by atoms with Crippen LogP contribution in [0.25, 0.3) is 11.3 Å². The third-order valence-electron chi connectivity index (χ3n) is 3.92. The summed E-state index contributed by atoms with van der Waals surface area (Å²) in [5, 5.41) is 6.92. The number of nitrogens with one attached hydrogen (secondary N) is 1. The van der Waals surface area contributed by atoms with E-state index >= 15 is 0 Å². The number of carbonyl (C=O) groups excluding carboxylic acids is 1. The van der Waals surface area contributed by atoms with Crippen LogP contribution >= 0.6 is 0 Å². The second-order valence-corrected chi connectivity index (χ2v) is 5.82. The molecule has 0 fully saturated rings. The summed E-state index contributed by atoms with van der Waals surface area (Å²) in [6.45, 7) is -0.0747. The van der Waals surface area contributed by atoms with Crippen molar-refractivity contribution >= 4 is 5.91 Å².